The fraction of sp³-hybridized carbons (Fsp3) is 0. The van der Waals surface area contributed by atoms with Crippen LogP contribution >= 0.6 is 11.9 Å². The summed E-state index contributed by atoms with van der Waals surface area (Å²) in [5.74, 6) is 0. The zero-order valence-electron chi connectivity index (χ0n) is 6.81. The van der Waals surface area contributed by atoms with Crippen LogP contribution in [-0.2, 0) is 0 Å². The summed E-state index contributed by atoms with van der Waals surface area (Å²) in [7, 11) is 0. The molecule has 1 aliphatic rings. The minimum atomic E-state index is -0.448. The summed E-state index contributed by atoms with van der Waals surface area (Å²) in [6, 6.07) is 7.40. The highest BCUT2D eigenvalue weighted by Gasteiger charge is 2.14. The second-order valence-electron chi connectivity index (χ2n) is 2.61. The lowest BCUT2D eigenvalue weighted by molar-refractivity contribution is 0.242. The second-order valence-corrected chi connectivity index (χ2v) is 3.62. The molecule has 0 fully saturated rings. The van der Waals surface area contributed by atoms with Crippen molar-refractivity contribution in [2.24, 2.45) is 5.73 Å². The topological polar surface area (TPSA) is 46.3 Å². The number of fused-ring (bicyclic) bond motifs is 1. The molecule has 2 amide bonds. The van der Waals surface area contributed by atoms with E-state index in [9.17, 15) is 4.79 Å². The third kappa shape index (κ3) is 1.53. The Morgan fingerprint density at radius 3 is 2.92 bits per heavy atom. The number of primary amides is 1. The molecule has 0 aromatic heterocycles. The number of carbonyl (C=O) groups is 1. The normalized spacial score (nSPS) is 14.0. The first kappa shape index (κ1) is 8.19. The molecule has 0 saturated carbocycles. The number of rotatable bonds is 0. The van der Waals surface area contributed by atoms with Gasteiger partial charge in [-0.1, -0.05) is 18.2 Å². The number of amides is 2. The molecule has 1 aliphatic heterocycles. The molecule has 0 spiro atoms. The molecule has 1 aromatic rings. The summed E-state index contributed by atoms with van der Waals surface area (Å²) in [6.07, 6.45) is 3.55. The summed E-state index contributed by atoms with van der Waals surface area (Å²) < 4.78 is 1.41. The Kier molecular flexibility index (Phi) is 1.98. The van der Waals surface area contributed by atoms with Crippen LogP contribution < -0.4 is 5.73 Å². The molecule has 0 radical (unpaired) electrons. The lowest BCUT2D eigenvalue weighted by Crippen LogP contribution is -2.26. The van der Waals surface area contributed by atoms with Gasteiger partial charge in [-0.15, -0.1) is 0 Å². The van der Waals surface area contributed by atoms with Crippen LogP contribution in [0.1, 0.15) is 5.56 Å². The number of carbonyl (C=O) groups excluding carboxylic acids is 1. The largest absolute Gasteiger partial charge is 0.350 e. The van der Waals surface area contributed by atoms with E-state index in [-0.39, 0.29) is 0 Å². The minimum Gasteiger partial charge on any atom is -0.350 e. The minimum absolute atomic E-state index is 0.448. The lowest BCUT2D eigenvalue weighted by atomic mass is 10.2. The van der Waals surface area contributed by atoms with Gasteiger partial charge in [0, 0.05) is 11.1 Å². The standard InChI is InChI=1S/C9H8N2OS/c10-9(12)11-6-5-7-3-1-2-4-8(7)13-11/h1-6H,(H2,10,12). The van der Waals surface area contributed by atoms with Crippen molar-refractivity contribution in [2.75, 3.05) is 0 Å². The summed E-state index contributed by atoms with van der Waals surface area (Å²) in [4.78, 5) is 11.9. The van der Waals surface area contributed by atoms with Crippen molar-refractivity contribution >= 4 is 24.1 Å². The molecule has 3 nitrogen and oxygen atoms in total. The molecule has 4 heteroatoms. The van der Waals surface area contributed by atoms with Crippen LogP contribution in [0.5, 0.6) is 0 Å². The van der Waals surface area contributed by atoms with Crippen LogP contribution in [0.25, 0.3) is 6.08 Å². The van der Waals surface area contributed by atoms with Gasteiger partial charge in [-0.2, -0.15) is 0 Å². The van der Waals surface area contributed by atoms with Crippen LogP contribution in [0.4, 0.5) is 4.79 Å². The van der Waals surface area contributed by atoms with Crippen molar-refractivity contribution in [3.8, 4) is 0 Å². The highest BCUT2D eigenvalue weighted by Crippen LogP contribution is 2.31. The summed E-state index contributed by atoms with van der Waals surface area (Å²) in [6.45, 7) is 0. The first-order valence-corrected chi connectivity index (χ1v) is 4.58. The summed E-state index contributed by atoms with van der Waals surface area (Å²) in [5, 5.41) is 0. The molecular formula is C9H8N2OS. The zero-order chi connectivity index (χ0) is 9.26. The van der Waals surface area contributed by atoms with E-state index in [2.05, 4.69) is 0 Å². The Hall–Kier alpha value is -1.42. The van der Waals surface area contributed by atoms with Crippen LogP contribution in [0, 0.1) is 0 Å². The van der Waals surface area contributed by atoms with E-state index in [0.717, 1.165) is 10.5 Å². The fourth-order valence-corrected chi connectivity index (χ4v) is 1.91. The van der Waals surface area contributed by atoms with Crippen molar-refractivity contribution in [2.45, 2.75) is 4.90 Å². The van der Waals surface area contributed by atoms with Crippen LogP contribution in [-0.4, -0.2) is 10.3 Å². The Bertz CT molecular complexity index is 376. The highest BCUT2D eigenvalue weighted by atomic mass is 32.2. The van der Waals surface area contributed by atoms with Crippen molar-refractivity contribution in [1.82, 2.24) is 4.31 Å². The third-order valence-electron chi connectivity index (χ3n) is 1.72. The number of urea groups is 1. The average molecular weight is 192 g/mol. The summed E-state index contributed by atoms with van der Waals surface area (Å²) >= 11 is 1.34. The Labute approximate surface area is 80.4 Å². The van der Waals surface area contributed by atoms with E-state index in [4.69, 9.17) is 5.73 Å². The van der Waals surface area contributed by atoms with Crippen LogP contribution in [0.15, 0.2) is 35.4 Å². The molecular weight excluding hydrogens is 184 g/mol. The van der Waals surface area contributed by atoms with Crippen molar-refractivity contribution < 1.29 is 4.79 Å². The van der Waals surface area contributed by atoms with E-state index in [0.29, 0.717) is 0 Å². The molecule has 1 heterocycles. The van der Waals surface area contributed by atoms with Crippen molar-refractivity contribution in [3.05, 3.63) is 36.0 Å². The molecule has 66 valence electrons. The van der Waals surface area contributed by atoms with Gasteiger partial charge < -0.3 is 5.73 Å². The predicted octanol–water partition coefficient (Wildman–Crippen LogP) is 2.06. The van der Waals surface area contributed by atoms with Gasteiger partial charge in [0.15, 0.2) is 0 Å². The highest BCUT2D eigenvalue weighted by molar-refractivity contribution is 7.97. The molecule has 1 aromatic carbocycles. The van der Waals surface area contributed by atoms with Gasteiger partial charge in [-0.25, -0.2) is 9.10 Å². The number of benzene rings is 1. The molecule has 0 saturated heterocycles. The Morgan fingerprint density at radius 1 is 1.38 bits per heavy atom. The number of nitrogens with two attached hydrogens (primary N) is 1. The van der Waals surface area contributed by atoms with Gasteiger partial charge in [0.05, 0.1) is 0 Å². The molecule has 2 N–H and O–H groups in total. The van der Waals surface area contributed by atoms with Gasteiger partial charge in [-0.3, -0.25) is 0 Å². The molecule has 13 heavy (non-hydrogen) atoms. The molecule has 0 atom stereocenters. The number of hydrogen-bond donors (Lipinski definition) is 1. The fourth-order valence-electron chi connectivity index (χ4n) is 1.10. The Morgan fingerprint density at radius 2 is 2.15 bits per heavy atom. The number of hydrogen-bond acceptors (Lipinski definition) is 2. The molecule has 2 rings (SSSR count). The van der Waals surface area contributed by atoms with Gasteiger partial charge >= 0.3 is 6.03 Å². The monoisotopic (exact) mass is 192 g/mol. The Balaban J connectivity index is 2.34. The summed E-state index contributed by atoms with van der Waals surface area (Å²) in [5.41, 5.74) is 6.25. The van der Waals surface area contributed by atoms with Gasteiger partial charge in [0.25, 0.3) is 0 Å². The predicted molar refractivity (Wildman–Crippen MR) is 52.8 cm³/mol. The second kappa shape index (κ2) is 3.14. The SMILES string of the molecule is NC(=O)N1C=Cc2ccccc2S1. The number of nitrogens with zero attached hydrogens (tertiary/aromatic N) is 1. The van der Waals surface area contributed by atoms with Gasteiger partial charge in [-0.05, 0) is 29.7 Å². The van der Waals surface area contributed by atoms with E-state index < -0.39 is 6.03 Å². The van der Waals surface area contributed by atoms with E-state index >= 15 is 0 Å². The van der Waals surface area contributed by atoms with Crippen LogP contribution in [0.3, 0.4) is 0 Å². The first-order valence-electron chi connectivity index (χ1n) is 3.81. The lowest BCUT2D eigenvalue weighted by Gasteiger charge is -2.19. The van der Waals surface area contributed by atoms with Crippen molar-refractivity contribution in [3.63, 3.8) is 0 Å². The van der Waals surface area contributed by atoms with E-state index in [1.54, 1.807) is 6.20 Å². The third-order valence-corrected chi connectivity index (χ3v) is 2.79. The molecule has 0 bridgehead atoms. The first-order chi connectivity index (χ1) is 6.27. The maximum absolute atomic E-state index is 10.8. The van der Waals surface area contributed by atoms with Crippen LogP contribution in [0.2, 0.25) is 0 Å². The zero-order valence-corrected chi connectivity index (χ0v) is 7.62. The maximum atomic E-state index is 10.8. The van der Waals surface area contributed by atoms with E-state index in [1.165, 1.54) is 16.3 Å². The molecule has 0 unspecified atom stereocenters. The molecule has 0 aliphatic carbocycles. The smallest absolute Gasteiger partial charge is 0.329 e. The maximum Gasteiger partial charge on any atom is 0.329 e. The average Bonchev–Trinajstić information content (AvgIpc) is 2.17. The van der Waals surface area contributed by atoms with E-state index in [1.807, 2.05) is 30.3 Å². The van der Waals surface area contributed by atoms with Gasteiger partial charge in [0.2, 0.25) is 0 Å². The van der Waals surface area contributed by atoms with Gasteiger partial charge in [0.1, 0.15) is 0 Å². The quantitative estimate of drug-likeness (QED) is 0.639. The van der Waals surface area contributed by atoms with Crippen molar-refractivity contribution in [1.29, 1.82) is 0 Å².